The first-order valence-electron chi connectivity index (χ1n) is 6.88. The quantitative estimate of drug-likeness (QED) is 0.664. The zero-order valence-electron chi connectivity index (χ0n) is 12.0. The van der Waals surface area contributed by atoms with Gasteiger partial charge in [-0.25, -0.2) is 0 Å². The average Bonchev–Trinajstić information content (AvgIpc) is 2.38. The van der Waals surface area contributed by atoms with Gasteiger partial charge in [0.15, 0.2) is 0 Å². The number of rotatable bonds is 7. The Hall–Kier alpha value is -1.55. The molecule has 1 amide bonds. The maximum absolute atomic E-state index is 12.1. The highest BCUT2D eigenvalue weighted by molar-refractivity contribution is 5.85. The molecule has 0 aromatic heterocycles. The van der Waals surface area contributed by atoms with Crippen molar-refractivity contribution in [3.05, 3.63) is 29.8 Å². The van der Waals surface area contributed by atoms with Crippen LogP contribution in [0.25, 0.3) is 0 Å². The Balaban J connectivity index is 2.65. The number of aliphatic hydroxyl groups is 1. The fourth-order valence-electron chi connectivity index (χ4n) is 2.13. The van der Waals surface area contributed by atoms with E-state index in [1.54, 1.807) is 0 Å². The van der Waals surface area contributed by atoms with E-state index < -0.39 is 5.60 Å². The summed E-state index contributed by atoms with van der Waals surface area (Å²) in [6, 6.07) is 7.67. The van der Waals surface area contributed by atoms with Crippen molar-refractivity contribution >= 4 is 11.6 Å². The standard InChI is InChI=1S/C15H24N2O2/c1-4-10-15(19,11-5-2)14(18)17-16-13-9-7-6-8-12(13)3/h6-9,16,19H,4-5,10-11H2,1-3H3,(H,17,18). The van der Waals surface area contributed by atoms with E-state index in [-0.39, 0.29) is 5.91 Å². The van der Waals surface area contributed by atoms with Crippen LogP contribution in [0.15, 0.2) is 24.3 Å². The van der Waals surface area contributed by atoms with E-state index in [0.29, 0.717) is 12.8 Å². The topological polar surface area (TPSA) is 61.4 Å². The molecule has 0 heterocycles. The highest BCUT2D eigenvalue weighted by Crippen LogP contribution is 2.20. The molecule has 0 unspecified atom stereocenters. The molecule has 0 saturated carbocycles. The van der Waals surface area contributed by atoms with Crippen molar-refractivity contribution in [2.24, 2.45) is 0 Å². The Morgan fingerprint density at radius 1 is 1.21 bits per heavy atom. The van der Waals surface area contributed by atoms with Crippen LogP contribution in [0.3, 0.4) is 0 Å². The Bertz CT molecular complexity index is 412. The van der Waals surface area contributed by atoms with Crippen LogP contribution in [0.4, 0.5) is 5.69 Å². The summed E-state index contributed by atoms with van der Waals surface area (Å²) in [7, 11) is 0. The first kappa shape index (κ1) is 15.5. The third-order valence-electron chi connectivity index (χ3n) is 3.21. The molecule has 0 aliphatic rings. The van der Waals surface area contributed by atoms with Crippen molar-refractivity contribution < 1.29 is 9.90 Å². The Labute approximate surface area is 115 Å². The molecule has 0 radical (unpaired) electrons. The lowest BCUT2D eigenvalue weighted by Gasteiger charge is -2.26. The molecule has 4 nitrogen and oxygen atoms in total. The second-order valence-corrected chi connectivity index (χ2v) is 4.93. The van der Waals surface area contributed by atoms with Crippen molar-refractivity contribution in [1.29, 1.82) is 0 Å². The van der Waals surface area contributed by atoms with Gasteiger partial charge in [-0.1, -0.05) is 44.9 Å². The molecule has 106 valence electrons. The van der Waals surface area contributed by atoms with Crippen molar-refractivity contribution in [3.63, 3.8) is 0 Å². The fraction of sp³-hybridized carbons (Fsp3) is 0.533. The van der Waals surface area contributed by atoms with E-state index in [4.69, 9.17) is 0 Å². The van der Waals surface area contributed by atoms with Crippen LogP contribution in [0.5, 0.6) is 0 Å². The summed E-state index contributed by atoms with van der Waals surface area (Å²) in [5, 5.41) is 10.4. The molecule has 1 aromatic carbocycles. The SMILES string of the molecule is CCCC(O)(CCC)C(=O)NNc1ccccc1C. The molecule has 0 bridgehead atoms. The van der Waals surface area contributed by atoms with E-state index in [1.807, 2.05) is 45.0 Å². The minimum absolute atomic E-state index is 0.362. The van der Waals surface area contributed by atoms with Gasteiger partial charge in [0.2, 0.25) is 0 Å². The van der Waals surface area contributed by atoms with Crippen LogP contribution < -0.4 is 10.9 Å². The summed E-state index contributed by atoms with van der Waals surface area (Å²) >= 11 is 0. The second-order valence-electron chi connectivity index (χ2n) is 4.93. The monoisotopic (exact) mass is 264 g/mol. The highest BCUT2D eigenvalue weighted by Gasteiger charge is 2.33. The molecule has 1 rings (SSSR count). The van der Waals surface area contributed by atoms with Gasteiger partial charge in [-0.05, 0) is 31.4 Å². The van der Waals surface area contributed by atoms with Crippen LogP contribution in [0.2, 0.25) is 0 Å². The second kappa shape index (κ2) is 7.14. The third kappa shape index (κ3) is 4.24. The molecule has 4 heteroatoms. The summed E-state index contributed by atoms with van der Waals surface area (Å²) in [6.45, 7) is 5.88. The van der Waals surface area contributed by atoms with Crippen molar-refractivity contribution in [2.45, 2.75) is 52.1 Å². The Morgan fingerprint density at radius 3 is 2.32 bits per heavy atom. The molecule has 0 aliphatic carbocycles. The maximum Gasteiger partial charge on any atom is 0.270 e. The van der Waals surface area contributed by atoms with Gasteiger partial charge in [-0.2, -0.15) is 0 Å². The molecule has 0 spiro atoms. The molecule has 19 heavy (non-hydrogen) atoms. The normalized spacial score (nSPS) is 11.2. The van der Waals surface area contributed by atoms with Crippen molar-refractivity contribution in [3.8, 4) is 0 Å². The maximum atomic E-state index is 12.1. The van der Waals surface area contributed by atoms with Crippen molar-refractivity contribution in [2.75, 3.05) is 5.43 Å². The smallest absolute Gasteiger partial charge is 0.270 e. The minimum atomic E-state index is -1.28. The largest absolute Gasteiger partial charge is 0.380 e. The lowest BCUT2D eigenvalue weighted by molar-refractivity contribution is -0.140. The molecule has 0 fully saturated rings. The number of anilines is 1. The number of carbonyl (C=O) groups excluding carboxylic acids is 1. The zero-order chi connectivity index (χ0) is 14.3. The molecule has 0 atom stereocenters. The summed E-state index contributed by atoms with van der Waals surface area (Å²) < 4.78 is 0. The number of hydrazine groups is 1. The Morgan fingerprint density at radius 2 is 1.79 bits per heavy atom. The van der Waals surface area contributed by atoms with Crippen LogP contribution in [0.1, 0.15) is 45.1 Å². The molecular formula is C15H24N2O2. The van der Waals surface area contributed by atoms with Gasteiger partial charge in [-0.15, -0.1) is 0 Å². The summed E-state index contributed by atoms with van der Waals surface area (Å²) in [4.78, 5) is 12.1. The zero-order valence-corrected chi connectivity index (χ0v) is 12.0. The van der Waals surface area contributed by atoms with Crippen LogP contribution in [-0.4, -0.2) is 16.6 Å². The number of benzene rings is 1. The van der Waals surface area contributed by atoms with Gasteiger partial charge < -0.3 is 5.11 Å². The van der Waals surface area contributed by atoms with Crippen LogP contribution >= 0.6 is 0 Å². The molecule has 0 aliphatic heterocycles. The molecular weight excluding hydrogens is 240 g/mol. The first-order valence-corrected chi connectivity index (χ1v) is 6.88. The molecule has 3 N–H and O–H groups in total. The van der Waals surface area contributed by atoms with Gasteiger partial charge in [-0.3, -0.25) is 15.6 Å². The number of para-hydroxylation sites is 1. The van der Waals surface area contributed by atoms with E-state index in [2.05, 4.69) is 10.9 Å². The van der Waals surface area contributed by atoms with Gasteiger partial charge in [0.25, 0.3) is 5.91 Å². The van der Waals surface area contributed by atoms with Gasteiger partial charge in [0.1, 0.15) is 5.60 Å². The third-order valence-corrected chi connectivity index (χ3v) is 3.21. The highest BCUT2D eigenvalue weighted by atomic mass is 16.3. The number of carbonyl (C=O) groups is 1. The number of amides is 1. The molecule has 0 saturated heterocycles. The number of hydrogen-bond acceptors (Lipinski definition) is 3. The average molecular weight is 264 g/mol. The fourth-order valence-corrected chi connectivity index (χ4v) is 2.13. The van der Waals surface area contributed by atoms with E-state index in [1.165, 1.54) is 0 Å². The predicted octanol–water partition coefficient (Wildman–Crippen LogP) is 2.77. The summed E-state index contributed by atoms with van der Waals surface area (Å²) in [5.74, 6) is -0.362. The van der Waals surface area contributed by atoms with E-state index in [0.717, 1.165) is 24.1 Å². The predicted molar refractivity (Wildman–Crippen MR) is 77.7 cm³/mol. The first-order chi connectivity index (χ1) is 9.03. The number of aryl methyl sites for hydroxylation is 1. The number of hydrogen-bond donors (Lipinski definition) is 3. The van der Waals surface area contributed by atoms with Gasteiger partial charge in [0.05, 0.1) is 5.69 Å². The summed E-state index contributed by atoms with van der Waals surface area (Å²) in [6.07, 6.45) is 2.49. The minimum Gasteiger partial charge on any atom is -0.380 e. The van der Waals surface area contributed by atoms with E-state index >= 15 is 0 Å². The lowest BCUT2D eigenvalue weighted by Crippen LogP contribution is -2.48. The lowest BCUT2D eigenvalue weighted by atomic mass is 9.92. The summed E-state index contributed by atoms with van der Waals surface area (Å²) in [5.41, 5.74) is 6.09. The van der Waals surface area contributed by atoms with E-state index in [9.17, 15) is 9.90 Å². The van der Waals surface area contributed by atoms with Crippen LogP contribution in [-0.2, 0) is 4.79 Å². The van der Waals surface area contributed by atoms with Gasteiger partial charge >= 0.3 is 0 Å². The Kier molecular flexibility index (Phi) is 5.83. The molecule has 1 aromatic rings. The van der Waals surface area contributed by atoms with Crippen LogP contribution in [0, 0.1) is 6.92 Å². The number of nitrogens with one attached hydrogen (secondary N) is 2. The van der Waals surface area contributed by atoms with Gasteiger partial charge in [0, 0.05) is 0 Å². The van der Waals surface area contributed by atoms with Crippen molar-refractivity contribution in [1.82, 2.24) is 5.43 Å².